The molecule has 25 heavy (non-hydrogen) atoms. The van der Waals surface area contributed by atoms with Crippen molar-refractivity contribution < 1.29 is 13.9 Å². The molecule has 0 spiro atoms. The van der Waals surface area contributed by atoms with Crippen molar-refractivity contribution in [3.8, 4) is 5.75 Å². The van der Waals surface area contributed by atoms with Gasteiger partial charge in [-0.25, -0.2) is 4.39 Å². The molecule has 3 N–H and O–H groups in total. The highest BCUT2D eigenvalue weighted by molar-refractivity contribution is 7.80. The molecular formula is C18H20FN3O2S. The van der Waals surface area contributed by atoms with Gasteiger partial charge in [0.2, 0.25) is 0 Å². The Labute approximate surface area is 151 Å². The molecule has 2 rings (SSSR count). The van der Waals surface area contributed by atoms with Gasteiger partial charge in [-0.05, 0) is 74.4 Å². The van der Waals surface area contributed by atoms with Gasteiger partial charge in [-0.15, -0.1) is 0 Å². The summed E-state index contributed by atoms with van der Waals surface area (Å²) in [5, 5.41) is 3.28. The first-order chi connectivity index (χ1) is 11.8. The molecule has 2 aromatic rings. The number of hydrogen-bond donors (Lipinski definition) is 3. The van der Waals surface area contributed by atoms with Crippen molar-refractivity contribution in [1.82, 2.24) is 10.9 Å². The summed E-state index contributed by atoms with van der Waals surface area (Å²) < 4.78 is 18.3. The molecule has 0 radical (unpaired) electrons. The molecule has 0 bridgehead atoms. The number of aryl methyl sites for hydroxylation is 2. The summed E-state index contributed by atoms with van der Waals surface area (Å²) in [5.74, 6) is -0.372. The maximum Gasteiger partial charge on any atom is 0.279 e. The molecule has 0 fully saturated rings. The number of thiocarbonyl (C=S) groups is 1. The maximum absolute atomic E-state index is 12.9. The number of rotatable bonds is 4. The minimum atomic E-state index is -0.776. The first kappa shape index (κ1) is 18.7. The highest BCUT2D eigenvalue weighted by Crippen LogP contribution is 2.16. The van der Waals surface area contributed by atoms with Crippen LogP contribution in [-0.2, 0) is 4.79 Å². The lowest BCUT2D eigenvalue weighted by Gasteiger charge is -2.17. The van der Waals surface area contributed by atoms with Crippen LogP contribution in [0.2, 0.25) is 0 Å². The summed E-state index contributed by atoms with van der Waals surface area (Å²) >= 11 is 5.17. The van der Waals surface area contributed by atoms with Crippen LogP contribution < -0.4 is 20.9 Å². The van der Waals surface area contributed by atoms with Crippen molar-refractivity contribution >= 4 is 28.9 Å². The van der Waals surface area contributed by atoms with Crippen LogP contribution in [0.3, 0.4) is 0 Å². The summed E-state index contributed by atoms with van der Waals surface area (Å²) in [7, 11) is 0. The van der Waals surface area contributed by atoms with Crippen molar-refractivity contribution in [3.63, 3.8) is 0 Å². The van der Waals surface area contributed by atoms with E-state index < -0.39 is 12.0 Å². The summed E-state index contributed by atoms with van der Waals surface area (Å²) in [6, 6.07) is 11.4. The second kappa shape index (κ2) is 8.43. The lowest BCUT2D eigenvalue weighted by molar-refractivity contribution is -0.127. The number of halogens is 1. The highest BCUT2D eigenvalue weighted by atomic mass is 32.1. The van der Waals surface area contributed by atoms with Crippen LogP contribution in [-0.4, -0.2) is 17.1 Å². The van der Waals surface area contributed by atoms with Crippen molar-refractivity contribution in [2.75, 3.05) is 5.32 Å². The van der Waals surface area contributed by atoms with Crippen molar-refractivity contribution in [3.05, 3.63) is 59.4 Å². The van der Waals surface area contributed by atoms with E-state index >= 15 is 0 Å². The number of carbonyl (C=O) groups is 1. The molecule has 1 atom stereocenters. The fraction of sp³-hybridized carbons (Fsp3) is 0.222. The van der Waals surface area contributed by atoms with Gasteiger partial charge in [0.25, 0.3) is 5.91 Å². The van der Waals surface area contributed by atoms with Crippen LogP contribution in [0, 0.1) is 19.7 Å². The molecule has 0 saturated carbocycles. The topological polar surface area (TPSA) is 62.4 Å². The van der Waals surface area contributed by atoms with Gasteiger partial charge in [0.1, 0.15) is 11.6 Å². The van der Waals surface area contributed by atoms with Gasteiger partial charge in [-0.3, -0.25) is 15.6 Å². The van der Waals surface area contributed by atoms with Gasteiger partial charge in [-0.1, -0.05) is 12.1 Å². The highest BCUT2D eigenvalue weighted by Gasteiger charge is 2.15. The molecule has 0 unspecified atom stereocenters. The van der Waals surface area contributed by atoms with Gasteiger partial charge >= 0.3 is 0 Å². The number of hydrogen-bond acceptors (Lipinski definition) is 3. The van der Waals surface area contributed by atoms with E-state index in [-0.39, 0.29) is 10.9 Å². The molecule has 5 nitrogen and oxygen atoms in total. The monoisotopic (exact) mass is 361 g/mol. The summed E-state index contributed by atoms with van der Waals surface area (Å²) in [6.07, 6.45) is -0.776. The van der Waals surface area contributed by atoms with Crippen molar-refractivity contribution in [2.45, 2.75) is 26.9 Å². The molecule has 1 amide bonds. The normalized spacial score (nSPS) is 11.4. The van der Waals surface area contributed by atoms with E-state index in [0.29, 0.717) is 5.75 Å². The summed E-state index contributed by atoms with van der Waals surface area (Å²) in [5.41, 5.74) is 8.11. The molecule has 0 aliphatic heterocycles. The van der Waals surface area contributed by atoms with E-state index in [1.165, 1.54) is 24.3 Å². The van der Waals surface area contributed by atoms with E-state index in [9.17, 15) is 9.18 Å². The fourth-order valence-electron chi connectivity index (χ4n) is 2.01. The SMILES string of the molecule is Cc1ccc(C)c(NC(=S)NNC(=O)[C@H](C)Oc2ccc(F)cc2)c1. The molecule has 0 aromatic heterocycles. The molecule has 2 aromatic carbocycles. The number of carbonyl (C=O) groups excluding carboxylic acids is 1. The van der Waals surface area contributed by atoms with Gasteiger partial charge in [0.15, 0.2) is 11.2 Å². The number of nitrogens with one attached hydrogen (secondary N) is 3. The average Bonchev–Trinajstić information content (AvgIpc) is 2.58. The second-order valence-electron chi connectivity index (χ2n) is 5.60. The van der Waals surface area contributed by atoms with E-state index in [1.807, 2.05) is 32.0 Å². The third-order valence-corrected chi connectivity index (χ3v) is 3.64. The first-order valence-electron chi connectivity index (χ1n) is 7.71. The van der Waals surface area contributed by atoms with Gasteiger partial charge in [0, 0.05) is 5.69 Å². The number of anilines is 1. The van der Waals surface area contributed by atoms with Crippen molar-refractivity contribution in [1.29, 1.82) is 0 Å². The van der Waals surface area contributed by atoms with Crippen LogP contribution in [0.5, 0.6) is 5.75 Å². The van der Waals surface area contributed by atoms with Gasteiger partial charge in [-0.2, -0.15) is 0 Å². The molecule has 7 heteroatoms. The predicted octanol–water partition coefficient (Wildman–Crippen LogP) is 3.23. The number of ether oxygens (including phenoxy) is 1. The van der Waals surface area contributed by atoms with Gasteiger partial charge < -0.3 is 10.1 Å². The van der Waals surface area contributed by atoms with Crippen LogP contribution in [0.25, 0.3) is 0 Å². The third-order valence-electron chi connectivity index (χ3n) is 3.44. The van der Waals surface area contributed by atoms with E-state index in [2.05, 4.69) is 16.2 Å². The minimum Gasteiger partial charge on any atom is -0.481 e. The average molecular weight is 361 g/mol. The van der Waals surface area contributed by atoms with E-state index in [4.69, 9.17) is 17.0 Å². The smallest absolute Gasteiger partial charge is 0.279 e. The predicted molar refractivity (Wildman–Crippen MR) is 99.9 cm³/mol. The number of benzene rings is 2. The van der Waals surface area contributed by atoms with Crippen molar-refractivity contribution in [2.24, 2.45) is 0 Å². The molecule has 132 valence electrons. The van der Waals surface area contributed by atoms with Crippen LogP contribution in [0.15, 0.2) is 42.5 Å². The molecular weight excluding hydrogens is 341 g/mol. The van der Waals surface area contributed by atoms with E-state index in [1.54, 1.807) is 6.92 Å². The quantitative estimate of drug-likeness (QED) is 0.576. The molecule has 0 heterocycles. The van der Waals surface area contributed by atoms with Crippen LogP contribution >= 0.6 is 12.2 Å². The number of hydrazine groups is 1. The fourth-order valence-corrected chi connectivity index (χ4v) is 2.18. The number of amides is 1. The first-order valence-corrected chi connectivity index (χ1v) is 8.12. The third kappa shape index (κ3) is 5.72. The van der Waals surface area contributed by atoms with Gasteiger partial charge in [0.05, 0.1) is 0 Å². The Morgan fingerprint density at radius 2 is 1.80 bits per heavy atom. The Kier molecular flexibility index (Phi) is 6.30. The standard InChI is InChI=1S/C18H20FN3O2S/c1-11-4-5-12(2)16(10-11)20-18(25)22-21-17(23)13(3)24-15-8-6-14(19)7-9-15/h4-10,13H,1-3H3,(H,21,23)(H2,20,22,25)/t13-/m0/s1. The zero-order valence-electron chi connectivity index (χ0n) is 14.2. The molecule has 0 saturated heterocycles. The van der Waals surface area contributed by atoms with E-state index in [0.717, 1.165) is 16.8 Å². The maximum atomic E-state index is 12.9. The molecule has 0 aliphatic rings. The Morgan fingerprint density at radius 3 is 2.48 bits per heavy atom. The zero-order valence-corrected chi connectivity index (χ0v) is 15.0. The summed E-state index contributed by atoms with van der Waals surface area (Å²) in [4.78, 5) is 12.0. The largest absolute Gasteiger partial charge is 0.481 e. The lowest BCUT2D eigenvalue weighted by atomic mass is 10.1. The lowest BCUT2D eigenvalue weighted by Crippen LogP contribution is -2.48. The zero-order chi connectivity index (χ0) is 18.4. The Balaban J connectivity index is 1.83. The molecule has 0 aliphatic carbocycles. The second-order valence-corrected chi connectivity index (χ2v) is 6.01. The Hall–Kier alpha value is -2.67. The minimum absolute atomic E-state index is 0.260. The summed E-state index contributed by atoms with van der Waals surface area (Å²) in [6.45, 7) is 5.53. The Morgan fingerprint density at radius 1 is 1.12 bits per heavy atom. The van der Waals surface area contributed by atoms with Crippen LogP contribution in [0.4, 0.5) is 10.1 Å². The Bertz CT molecular complexity index is 765. The van der Waals surface area contributed by atoms with Crippen LogP contribution in [0.1, 0.15) is 18.1 Å².